The van der Waals surface area contributed by atoms with Crippen LogP contribution in [-0.2, 0) is 4.79 Å². The number of carbonyl (C=O) groups excluding carboxylic acids is 1. The van der Waals surface area contributed by atoms with Gasteiger partial charge < -0.3 is 9.84 Å². The zero-order valence-corrected chi connectivity index (χ0v) is 22.4. The number of carboxylic acid groups (broad SMARTS) is 1. The first-order valence-electron chi connectivity index (χ1n) is 14.2. The zero-order chi connectivity index (χ0) is 26.3. The molecule has 2 aromatic carbocycles. The molecule has 1 aromatic heterocycles. The number of allylic oxidation sites excluding steroid dienone is 2. The number of para-hydroxylation sites is 1. The Bertz CT molecular complexity index is 1160. The molecule has 0 saturated heterocycles. The Labute approximate surface area is 221 Å². The molecule has 0 aliphatic carbocycles. The molecule has 1 N–H and O–H groups in total. The molecule has 0 aliphatic rings. The number of aromatic nitrogens is 1. The van der Waals surface area contributed by atoms with Gasteiger partial charge in [-0.1, -0.05) is 88.6 Å². The second kappa shape index (κ2) is 15.9. The summed E-state index contributed by atoms with van der Waals surface area (Å²) in [5, 5.41) is 10.9. The predicted octanol–water partition coefficient (Wildman–Crippen LogP) is 8.94. The van der Waals surface area contributed by atoms with E-state index in [-0.39, 0.29) is 5.91 Å². The van der Waals surface area contributed by atoms with Crippen LogP contribution in [0.2, 0.25) is 0 Å². The maximum absolute atomic E-state index is 13.3. The number of rotatable bonds is 18. The Balaban J connectivity index is 1.42. The van der Waals surface area contributed by atoms with Gasteiger partial charge in [-0.05, 0) is 50.3 Å². The van der Waals surface area contributed by atoms with Crippen molar-refractivity contribution in [2.24, 2.45) is 0 Å². The summed E-state index contributed by atoms with van der Waals surface area (Å²) in [6, 6.07) is 13.3. The molecule has 5 nitrogen and oxygen atoms in total. The SMILES string of the molecule is CCCCCCCC/C=C\CCCCCCCC(=O)n1c2ccccc2c2ccc(OCC(=O)O)cc21. The summed E-state index contributed by atoms with van der Waals surface area (Å²) in [4.78, 5) is 24.1. The number of aliphatic carboxylic acids is 1. The topological polar surface area (TPSA) is 68.5 Å². The molecule has 0 bridgehead atoms. The zero-order valence-electron chi connectivity index (χ0n) is 22.4. The molecule has 0 fully saturated rings. The molecular weight excluding hydrogens is 462 g/mol. The molecule has 200 valence electrons. The van der Waals surface area contributed by atoms with E-state index in [2.05, 4.69) is 19.1 Å². The monoisotopic (exact) mass is 505 g/mol. The van der Waals surface area contributed by atoms with Crippen LogP contribution in [0.1, 0.15) is 102 Å². The van der Waals surface area contributed by atoms with Crippen molar-refractivity contribution in [2.45, 2.75) is 96.8 Å². The van der Waals surface area contributed by atoms with Crippen LogP contribution >= 0.6 is 0 Å². The summed E-state index contributed by atoms with van der Waals surface area (Å²) in [5.41, 5.74) is 1.65. The van der Waals surface area contributed by atoms with Gasteiger partial charge >= 0.3 is 5.97 Å². The predicted molar refractivity (Wildman–Crippen MR) is 153 cm³/mol. The highest BCUT2D eigenvalue weighted by Gasteiger charge is 2.16. The van der Waals surface area contributed by atoms with Crippen molar-refractivity contribution in [1.29, 1.82) is 0 Å². The highest BCUT2D eigenvalue weighted by Crippen LogP contribution is 2.32. The van der Waals surface area contributed by atoms with Crippen LogP contribution in [0.5, 0.6) is 5.75 Å². The maximum atomic E-state index is 13.3. The van der Waals surface area contributed by atoms with E-state index in [1.165, 1.54) is 57.8 Å². The molecule has 37 heavy (non-hydrogen) atoms. The van der Waals surface area contributed by atoms with Gasteiger partial charge in [-0.2, -0.15) is 0 Å². The van der Waals surface area contributed by atoms with E-state index in [1.807, 2.05) is 30.3 Å². The average molecular weight is 506 g/mol. The fraction of sp³-hybridized carbons (Fsp3) is 0.500. The van der Waals surface area contributed by atoms with E-state index in [1.54, 1.807) is 16.7 Å². The quantitative estimate of drug-likeness (QED) is 0.138. The van der Waals surface area contributed by atoms with Crippen LogP contribution < -0.4 is 4.74 Å². The van der Waals surface area contributed by atoms with Gasteiger partial charge in [0.1, 0.15) is 5.75 Å². The van der Waals surface area contributed by atoms with Crippen LogP contribution in [0.25, 0.3) is 21.8 Å². The summed E-state index contributed by atoms with van der Waals surface area (Å²) < 4.78 is 7.14. The van der Waals surface area contributed by atoms with Crippen LogP contribution in [0.15, 0.2) is 54.6 Å². The minimum Gasteiger partial charge on any atom is -0.482 e. The van der Waals surface area contributed by atoms with E-state index in [9.17, 15) is 9.59 Å². The van der Waals surface area contributed by atoms with Gasteiger partial charge in [0.25, 0.3) is 0 Å². The Kier molecular flexibility index (Phi) is 12.2. The second-order valence-corrected chi connectivity index (χ2v) is 9.94. The normalized spacial score (nSPS) is 11.6. The van der Waals surface area contributed by atoms with Crippen LogP contribution in [-0.4, -0.2) is 28.2 Å². The second-order valence-electron chi connectivity index (χ2n) is 9.94. The fourth-order valence-corrected chi connectivity index (χ4v) is 4.91. The van der Waals surface area contributed by atoms with Gasteiger partial charge in [-0.15, -0.1) is 0 Å². The molecule has 0 spiro atoms. The number of fused-ring (bicyclic) bond motifs is 3. The molecule has 0 aliphatic heterocycles. The lowest BCUT2D eigenvalue weighted by Gasteiger charge is -2.08. The minimum atomic E-state index is -1.03. The summed E-state index contributed by atoms with van der Waals surface area (Å²) >= 11 is 0. The van der Waals surface area contributed by atoms with Crippen LogP contribution in [0.4, 0.5) is 0 Å². The largest absolute Gasteiger partial charge is 0.482 e. The number of ether oxygens (including phenoxy) is 1. The smallest absolute Gasteiger partial charge is 0.341 e. The minimum absolute atomic E-state index is 0.0687. The van der Waals surface area contributed by atoms with Gasteiger partial charge in [0.2, 0.25) is 5.91 Å². The molecule has 0 atom stereocenters. The Hall–Kier alpha value is -3.08. The van der Waals surface area contributed by atoms with Gasteiger partial charge in [-0.25, -0.2) is 4.79 Å². The lowest BCUT2D eigenvalue weighted by Crippen LogP contribution is -2.11. The van der Waals surface area contributed by atoms with Gasteiger partial charge in [0, 0.05) is 23.3 Å². The summed E-state index contributed by atoms with van der Waals surface area (Å²) in [5.74, 6) is -0.507. The van der Waals surface area contributed by atoms with Crippen molar-refractivity contribution in [3.63, 3.8) is 0 Å². The number of nitrogens with zero attached hydrogens (tertiary/aromatic N) is 1. The molecule has 0 saturated carbocycles. The maximum Gasteiger partial charge on any atom is 0.341 e. The first kappa shape index (κ1) is 28.5. The van der Waals surface area contributed by atoms with Crippen molar-refractivity contribution in [3.05, 3.63) is 54.6 Å². The van der Waals surface area contributed by atoms with Crippen molar-refractivity contribution in [1.82, 2.24) is 4.57 Å². The van der Waals surface area contributed by atoms with E-state index in [0.717, 1.165) is 47.5 Å². The fourth-order valence-electron chi connectivity index (χ4n) is 4.91. The molecule has 3 aromatic rings. The standard InChI is InChI=1S/C32H43NO4/c1-2-3-4-5-6-7-8-9-10-11-12-13-14-15-16-21-31(34)33-29-20-18-17-19-27(29)28-23-22-26(24-30(28)33)37-25-32(35)36/h9-10,17-20,22-24H,2-8,11-16,21,25H2,1H3,(H,35,36)/b10-9-. The van der Waals surface area contributed by atoms with Gasteiger partial charge in [0.15, 0.2) is 6.61 Å². The Morgan fingerprint density at radius 1 is 0.784 bits per heavy atom. The van der Waals surface area contributed by atoms with Gasteiger partial charge in [-0.3, -0.25) is 9.36 Å². The third-order valence-corrected chi connectivity index (χ3v) is 6.91. The van der Waals surface area contributed by atoms with Crippen molar-refractivity contribution in [3.8, 4) is 5.75 Å². The first-order chi connectivity index (χ1) is 18.1. The van der Waals surface area contributed by atoms with Crippen LogP contribution in [0, 0.1) is 0 Å². The number of hydrogen-bond acceptors (Lipinski definition) is 3. The van der Waals surface area contributed by atoms with E-state index < -0.39 is 12.6 Å². The number of benzene rings is 2. The third kappa shape index (κ3) is 9.07. The van der Waals surface area contributed by atoms with E-state index in [4.69, 9.17) is 9.84 Å². The third-order valence-electron chi connectivity index (χ3n) is 6.91. The Morgan fingerprint density at radius 3 is 2.11 bits per heavy atom. The highest BCUT2D eigenvalue weighted by atomic mass is 16.5. The number of carbonyl (C=O) groups is 2. The number of hydrogen-bond donors (Lipinski definition) is 1. The van der Waals surface area contributed by atoms with Gasteiger partial charge in [0.05, 0.1) is 11.0 Å². The van der Waals surface area contributed by atoms with Crippen molar-refractivity contribution < 1.29 is 19.4 Å². The molecule has 1 heterocycles. The first-order valence-corrected chi connectivity index (χ1v) is 14.2. The molecule has 5 heteroatoms. The molecule has 3 rings (SSSR count). The van der Waals surface area contributed by atoms with E-state index in [0.29, 0.717) is 12.2 Å². The lowest BCUT2D eigenvalue weighted by molar-refractivity contribution is -0.139. The molecular formula is C32H43NO4. The van der Waals surface area contributed by atoms with E-state index >= 15 is 0 Å². The molecule has 0 radical (unpaired) electrons. The summed E-state index contributed by atoms with van der Waals surface area (Å²) in [6.07, 6.45) is 21.2. The Morgan fingerprint density at radius 2 is 1.41 bits per heavy atom. The molecule has 0 unspecified atom stereocenters. The number of unbranched alkanes of at least 4 members (excludes halogenated alkanes) is 11. The lowest BCUT2D eigenvalue weighted by atomic mass is 10.1. The summed E-state index contributed by atoms with van der Waals surface area (Å²) in [7, 11) is 0. The van der Waals surface area contributed by atoms with Crippen LogP contribution in [0.3, 0.4) is 0 Å². The summed E-state index contributed by atoms with van der Waals surface area (Å²) in [6.45, 7) is 1.85. The highest BCUT2D eigenvalue weighted by molar-refractivity contribution is 6.13. The average Bonchev–Trinajstić information content (AvgIpc) is 3.23. The molecule has 0 amide bonds. The van der Waals surface area contributed by atoms with Crippen molar-refractivity contribution >= 4 is 33.7 Å². The number of carboxylic acids is 1. The van der Waals surface area contributed by atoms with Crippen molar-refractivity contribution in [2.75, 3.05) is 6.61 Å².